The molecule has 0 atom stereocenters. The zero-order valence-corrected chi connectivity index (χ0v) is 20.6. The number of carbonyl (C=O) groups excluding carboxylic acids is 1. The Balaban J connectivity index is 1.46. The van der Waals surface area contributed by atoms with Crippen molar-refractivity contribution in [2.45, 2.75) is 71.8 Å². The lowest BCUT2D eigenvalue weighted by atomic mass is 10.0. The summed E-state index contributed by atoms with van der Waals surface area (Å²) in [5.74, 6) is 0.183. The van der Waals surface area contributed by atoms with Crippen LogP contribution in [0.15, 0.2) is 66.9 Å². The lowest BCUT2D eigenvalue weighted by molar-refractivity contribution is 0.0734. The molecule has 0 aliphatic carbocycles. The highest BCUT2D eigenvalue weighted by molar-refractivity contribution is 5.91. The molecule has 0 bridgehead atoms. The van der Waals surface area contributed by atoms with Gasteiger partial charge in [-0.25, -0.2) is 4.79 Å². The van der Waals surface area contributed by atoms with E-state index in [0.717, 1.165) is 23.2 Å². The number of aryl methyl sites for hydroxylation is 1. The monoisotopic (exact) mass is 459 g/mol. The van der Waals surface area contributed by atoms with Crippen LogP contribution < -0.4 is 4.74 Å². The SMILES string of the molecule is CCCCCCCCCc1ccc(C(=O)Oc2ccc(-c3ccc(COCC)cn3)cc2)cc1. The van der Waals surface area contributed by atoms with Crippen molar-refractivity contribution in [3.63, 3.8) is 0 Å². The molecule has 1 heterocycles. The lowest BCUT2D eigenvalue weighted by Gasteiger charge is -2.07. The number of nitrogens with zero attached hydrogens (tertiary/aromatic N) is 1. The lowest BCUT2D eigenvalue weighted by Crippen LogP contribution is -2.08. The summed E-state index contributed by atoms with van der Waals surface area (Å²) in [6, 6.07) is 19.2. The van der Waals surface area contributed by atoms with Gasteiger partial charge < -0.3 is 9.47 Å². The second kappa shape index (κ2) is 14.3. The molecule has 0 unspecified atom stereocenters. The molecule has 0 saturated carbocycles. The Morgan fingerprint density at radius 1 is 0.765 bits per heavy atom. The Hall–Kier alpha value is -2.98. The number of hydrogen-bond acceptors (Lipinski definition) is 4. The molecule has 4 nitrogen and oxygen atoms in total. The number of pyridine rings is 1. The quantitative estimate of drug-likeness (QED) is 0.140. The molecule has 180 valence electrons. The van der Waals surface area contributed by atoms with Crippen molar-refractivity contribution in [3.8, 4) is 17.0 Å². The van der Waals surface area contributed by atoms with Gasteiger partial charge in [-0.05, 0) is 73.4 Å². The normalized spacial score (nSPS) is 10.9. The van der Waals surface area contributed by atoms with E-state index in [4.69, 9.17) is 9.47 Å². The van der Waals surface area contributed by atoms with Gasteiger partial charge in [0.25, 0.3) is 0 Å². The van der Waals surface area contributed by atoms with Gasteiger partial charge >= 0.3 is 5.97 Å². The first-order valence-electron chi connectivity index (χ1n) is 12.6. The molecule has 0 aliphatic heterocycles. The first-order chi connectivity index (χ1) is 16.7. The Labute approximate surface area is 204 Å². The molecule has 0 radical (unpaired) electrons. The van der Waals surface area contributed by atoms with Crippen LogP contribution in [0.4, 0.5) is 0 Å². The molecule has 3 aromatic rings. The predicted molar refractivity (Wildman–Crippen MR) is 138 cm³/mol. The molecule has 0 N–H and O–H groups in total. The van der Waals surface area contributed by atoms with Gasteiger partial charge in [-0.2, -0.15) is 0 Å². The second-order valence-electron chi connectivity index (χ2n) is 8.67. The van der Waals surface area contributed by atoms with Gasteiger partial charge in [0.15, 0.2) is 0 Å². The smallest absolute Gasteiger partial charge is 0.343 e. The molecule has 0 saturated heterocycles. The van der Waals surface area contributed by atoms with E-state index in [-0.39, 0.29) is 5.97 Å². The van der Waals surface area contributed by atoms with Crippen molar-refractivity contribution in [1.82, 2.24) is 4.98 Å². The van der Waals surface area contributed by atoms with E-state index in [1.54, 1.807) is 12.1 Å². The Morgan fingerprint density at radius 3 is 2.09 bits per heavy atom. The fourth-order valence-electron chi connectivity index (χ4n) is 3.85. The molecular weight excluding hydrogens is 422 g/mol. The van der Waals surface area contributed by atoms with Gasteiger partial charge in [0.1, 0.15) is 5.75 Å². The number of esters is 1. The second-order valence-corrected chi connectivity index (χ2v) is 8.67. The van der Waals surface area contributed by atoms with Crippen molar-refractivity contribution < 1.29 is 14.3 Å². The number of unbranched alkanes of at least 4 members (excludes halogenated alkanes) is 6. The number of hydrogen-bond donors (Lipinski definition) is 0. The predicted octanol–water partition coefficient (Wildman–Crippen LogP) is 7.80. The van der Waals surface area contributed by atoms with E-state index in [9.17, 15) is 4.79 Å². The average Bonchev–Trinajstić information content (AvgIpc) is 2.88. The third-order valence-corrected chi connectivity index (χ3v) is 5.92. The van der Waals surface area contributed by atoms with Crippen LogP contribution in [0.1, 0.15) is 80.3 Å². The van der Waals surface area contributed by atoms with Crippen molar-refractivity contribution in [2.24, 2.45) is 0 Å². The van der Waals surface area contributed by atoms with E-state index in [2.05, 4.69) is 11.9 Å². The topological polar surface area (TPSA) is 48.4 Å². The minimum Gasteiger partial charge on any atom is -0.423 e. The summed E-state index contributed by atoms with van der Waals surface area (Å²) in [4.78, 5) is 17.0. The van der Waals surface area contributed by atoms with Gasteiger partial charge in [0, 0.05) is 18.4 Å². The first kappa shape index (κ1) is 25.6. The molecular formula is C30H37NO3. The minimum absolute atomic E-state index is 0.339. The zero-order chi connectivity index (χ0) is 24.0. The summed E-state index contributed by atoms with van der Waals surface area (Å²) in [5, 5.41) is 0. The molecule has 0 amide bonds. The number of benzene rings is 2. The van der Waals surface area contributed by atoms with E-state index in [1.165, 1.54) is 50.5 Å². The molecule has 34 heavy (non-hydrogen) atoms. The van der Waals surface area contributed by atoms with Crippen LogP contribution in [0.2, 0.25) is 0 Å². The fourth-order valence-corrected chi connectivity index (χ4v) is 3.85. The number of carbonyl (C=O) groups is 1. The summed E-state index contributed by atoms with van der Waals surface area (Å²) in [5.41, 5.74) is 4.73. The third-order valence-electron chi connectivity index (χ3n) is 5.92. The molecule has 0 spiro atoms. The fraction of sp³-hybridized carbons (Fsp3) is 0.400. The van der Waals surface area contributed by atoms with Crippen LogP contribution in [-0.2, 0) is 17.8 Å². The highest BCUT2D eigenvalue weighted by Crippen LogP contribution is 2.22. The minimum atomic E-state index is -0.339. The van der Waals surface area contributed by atoms with E-state index in [0.29, 0.717) is 24.5 Å². The number of aromatic nitrogens is 1. The van der Waals surface area contributed by atoms with Gasteiger partial charge in [0.05, 0.1) is 17.9 Å². The Bertz CT molecular complexity index is 979. The van der Waals surface area contributed by atoms with E-state index < -0.39 is 0 Å². The summed E-state index contributed by atoms with van der Waals surface area (Å²) in [6.07, 6.45) is 12.0. The highest BCUT2D eigenvalue weighted by atomic mass is 16.5. The summed E-state index contributed by atoms with van der Waals surface area (Å²) in [7, 11) is 0. The summed E-state index contributed by atoms with van der Waals surface area (Å²) >= 11 is 0. The Kier molecular flexibility index (Phi) is 10.8. The summed E-state index contributed by atoms with van der Waals surface area (Å²) < 4.78 is 11.0. The van der Waals surface area contributed by atoms with Gasteiger partial charge in [-0.3, -0.25) is 4.98 Å². The van der Waals surface area contributed by atoms with Crippen LogP contribution in [0.3, 0.4) is 0 Å². The molecule has 2 aromatic carbocycles. The maximum Gasteiger partial charge on any atom is 0.343 e. The maximum atomic E-state index is 12.5. The molecule has 0 fully saturated rings. The van der Waals surface area contributed by atoms with Crippen LogP contribution >= 0.6 is 0 Å². The third kappa shape index (κ3) is 8.42. The van der Waals surface area contributed by atoms with Crippen LogP contribution in [-0.4, -0.2) is 17.6 Å². The Morgan fingerprint density at radius 2 is 1.44 bits per heavy atom. The van der Waals surface area contributed by atoms with Gasteiger partial charge in [-0.1, -0.05) is 63.6 Å². The standard InChI is InChI=1S/C30H37NO3/c1-3-5-6-7-8-9-10-11-24-12-15-27(16-13-24)30(32)34-28-19-17-26(18-20-28)29-21-14-25(22-31-29)23-33-4-2/h12-22H,3-11,23H2,1-2H3. The van der Waals surface area contributed by atoms with Crippen LogP contribution in [0, 0.1) is 0 Å². The van der Waals surface area contributed by atoms with Crippen LogP contribution in [0.5, 0.6) is 5.75 Å². The van der Waals surface area contributed by atoms with Gasteiger partial charge in [-0.15, -0.1) is 0 Å². The van der Waals surface area contributed by atoms with Gasteiger partial charge in [0.2, 0.25) is 0 Å². The molecule has 1 aromatic heterocycles. The zero-order valence-electron chi connectivity index (χ0n) is 20.6. The van der Waals surface area contributed by atoms with Crippen LogP contribution in [0.25, 0.3) is 11.3 Å². The average molecular weight is 460 g/mol. The van der Waals surface area contributed by atoms with Crippen molar-refractivity contribution in [1.29, 1.82) is 0 Å². The summed E-state index contributed by atoms with van der Waals surface area (Å²) in [6.45, 7) is 5.48. The highest BCUT2D eigenvalue weighted by Gasteiger charge is 2.09. The molecule has 4 heteroatoms. The number of ether oxygens (including phenoxy) is 2. The first-order valence-corrected chi connectivity index (χ1v) is 12.6. The number of rotatable bonds is 14. The van der Waals surface area contributed by atoms with Crippen molar-refractivity contribution in [3.05, 3.63) is 83.6 Å². The molecule has 3 rings (SSSR count). The maximum absolute atomic E-state index is 12.5. The van der Waals surface area contributed by atoms with E-state index >= 15 is 0 Å². The largest absolute Gasteiger partial charge is 0.423 e. The van der Waals surface area contributed by atoms with Crippen molar-refractivity contribution in [2.75, 3.05) is 6.61 Å². The van der Waals surface area contributed by atoms with E-state index in [1.807, 2.05) is 61.7 Å². The van der Waals surface area contributed by atoms with Crippen molar-refractivity contribution >= 4 is 5.97 Å². The molecule has 0 aliphatic rings.